The van der Waals surface area contributed by atoms with Crippen molar-refractivity contribution >= 4 is 12.0 Å². The molecule has 2 fully saturated rings. The number of aliphatic carboxylic acids is 1. The molecule has 2 amide bonds. The second-order valence-corrected chi connectivity index (χ2v) is 5.72. The number of carboxylic acids is 1. The van der Waals surface area contributed by atoms with Gasteiger partial charge in [-0.1, -0.05) is 12.8 Å². The summed E-state index contributed by atoms with van der Waals surface area (Å²) >= 11 is 0. The number of hydrogen-bond donors (Lipinski definition) is 3. The monoisotopic (exact) mass is 284 g/mol. The van der Waals surface area contributed by atoms with Crippen LogP contribution in [0.15, 0.2) is 0 Å². The van der Waals surface area contributed by atoms with Crippen LogP contribution in [-0.2, 0) is 9.53 Å². The van der Waals surface area contributed by atoms with Crippen LogP contribution >= 0.6 is 0 Å². The Morgan fingerprint density at radius 2 is 2.05 bits per heavy atom. The molecule has 2 aliphatic carbocycles. The first-order chi connectivity index (χ1) is 9.58. The molecule has 0 saturated heterocycles. The highest BCUT2D eigenvalue weighted by Crippen LogP contribution is 2.54. The van der Waals surface area contributed by atoms with Crippen molar-refractivity contribution in [3.63, 3.8) is 0 Å². The summed E-state index contributed by atoms with van der Waals surface area (Å²) in [4.78, 5) is 22.2. The normalized spacial score (nSPS) is 27.1. The topological polar surface area (TPSA) is 87.7 Å². The van der Waals surface area contributed by atoms with Gasteiger partial charge in [0.2, 0.25) is 0 Å². The zero-order chi connectivity index (χ0) is 14.6. The van der Waals surface area contributed by atoms with Gasteiger partial charge in [-0.2, -0.15) is 0 Å². The third-order valence-corrected chi connectivity index (χ3v) is 4.62. The average molecular weight is 284 g/mol. The van der Waals surface area contributed by atoms with Crippen LogP contribution in [0.3, 0.4) is 0 Å². The van der Waals surface area contributed by atoms with E-state index in [-0.39, 0.29) is 36.6 Å². The number of ether oxygens (including phenoxy) is 1. The molecule has 6 heteroatoms. The molecule has 2 rings (SSSR count). The fourth-order valence-electron chi connectivity index (χ4n) is 3.58. The van der Waals surface area contributed by atoms with Crippen LogP contribution in [0.5, 0.6) is 0 Å². The lowest BCUT2D eigenvalue weighted by molar-refractivity contribution is -0.136. The number of amides is 2. The molecule has 2 saturated carbocycles. The SMILES string of the molecule is CCOC1CC(NC(=O)NCCC(=O)O)C12CCCC2. The Labute approximate surface area is 119 Å². The molecule has 0 aromatic rings. The Morgan fingerprint density at radius 3 is 2.65 bits per heavy atom. The third-order valence-electron chi connectivity index (χ3n) is 4.62. The quantitative estimate of drug-likeness (QED) is 0.689. The van der Waals surface area contributed by atoms with Crippen molar-refractivity contribution in [2.45, 2.75) is 57.6 Å². The molecule has 0 aromatic heterocycles. The molecule has 6 nitrogen and oxygen atoms in total. The largest absolute Gasteiger partial charge is 0.481 e. The van der Waals surface area contributed by atoms with Crippen molar-refractivity contribution in [3.05, 3.63) is 0 Å². The molecule has 0 bridgehead atoms. The number of urea groups is 1. The maximum atomic E-state index is 11.8. The van der Waals surface area contributed by atoms with Crippen molar-refractivity contribution in [1.29, 1.82) is 0 Å². The van der Waals surface area contributed by atoms with Gasteiger partial charge in [0, 0.05) is 24.6 Å². The van der Waals surface area contributed by atoms with Crippen molar-refractivity contribution in [3.8, 4) is 0 Å². The van der Waals surface area contributed by atoms with E-state index in [1.165, 1.54) is 12.8 Å². The van der Waals surface area contributed by atoms with Crippen molar-refractivity contribution in [1.82, 2.24) is 10.6 Å². The second-order valence-electron chi connectivity index (χ2n) is 5.72. The summed E-state index contributed by atoms with van der Waals surface area (Å²) in [5, 5.41) is 14.1. The van der Waals surface area contributed by atoms with E-state index in [1.807, 2.05) is 6.92 Å². The van der Waals surface area contributed by atoms with Crippen LogP contribution in [-0.4, -0.2) is 42.4 Å². The molecule has 0 aromatic carbocycles. The lowest BCUT2D eigenvalue weighted by atomic mass is 9.60. The maximum absolute atomic E-state index is 11.8. The summed E-state index contributed by atoms with van der Waals surface area (Å²) in [6, 6.07) is -0.108. The lowest BCUT2D eigenvalue weighted by Gasteiger charge is -2.53. The highest BCUT2D eigenvalue weighted by Gasteiger charge is 2.57. The Morgan fingerprint density at radius 1 is 1.35 bits per heavy atom. The smallest absolute Gasteiger partial charge is 0.315 e. The molecule has 0 heterocycles. The highest BCUT2D eigenvalue weighted by molar-refractivity contribution is 5.75. The van der Waals surface area contributed by atoms with E-state index >= 15 is 0 Å². The van der Waals surface area contributed by atoms with Gasteiger partial charge in [0.15, 0.2) is 0 Å². The van der Waals surface area contributed by atoms with E-state index in [1.54, 1.807) is 0 Å². The molecule has 2 unspecified atom stereocenters. The van der Waals surface area contributed by atoms with E-state index in [0.29, 0.717) is 6.61 Å². The predicted molar refractivity (Wildman–Crippen MR) is 73.5 cm³/mol. The summed E-state index contributed by atoms with van der Waals surface area (Å²) in [5.74, 6) is -0.905. The van der Waals surface area contributed by atoms with Gasteiger partial charge in [0.05, 0.1) is 12.5 Å². The van der Waals surface area contributed by atoms with E-state index < -0.39 is 5.97 Å². The molecule has 1 spiro atoms. The lowest BCUT2D eigenvalue weighted by Crippen LogP contribution is -2.64. The van der Waals surface area contributed by atoms with Crippen LogP contribution < -0.4 is 10.6 Å². The maximum Gasteiger partial charge on any atom is 0.315 e. The zero-order valence-electron chi connectivity index (χ0n) is 12.0. The molecule has 2 aliphatic rings. The van der Waals surface area contributed by atoms with Gasteiger partial charge in [-0.25, -0.2) is 4.79 Å². The van der Waals surface area contributed by atoms with Crippen molar-refractivity contribution < 1.29 is 19.4 Å². The van der Waals surface area contributed by atoms with E-state index in [9.17, 15) is 9.59 Å². The molecular formula is C14H24N2O4. The predicted octanol–water partition coefficient (Wildman–Crippen LogP) is 1.50. The third kappa shape index (κ3) is 3.06. The van der Waals surface area contributed by atoms with Gasteiger partial charge in [-0.05, 0) is 26.2 Å². The molecule has 0 aliphatic heterocycles. The van der Waals surface area contributed by atoms with Gasteiger partial charge >= 0.3 is 12.0 Å². The van der Waals surface area contributed by atoms with Gasteiger partial charge in [0.1, 0.15) is 0 Å². The van der Waals surface area contributed by atoms with Crippen LogP contribution in [0.1, 0.15) is 45.4 Å². The van der Waals surface area contributed by atoms with Crippen molar-refractivity contribution in [2.75, 3.05) is 13.2 Å². The highest BCUT2D eigenvalue weighted by atomic mass is 16.5. The summed E-state index contributed by atoms with van der Waals surface area (Å²) in [6.07, 6.45) is 5.69. The van der Waals surface area contributed by atoms with E-state index in [0.717, 1.165) is 19.3 Å². The molecule has 114 valence electrons. The van der Waals surface area contributed by atoms with E-state index in [2.05, 4.69) is 10.6 Å². The molecule has 3 N–H and O–H groups in total. The Kier molecular flexibility index (Phi) is 4.86. The van der Waals surface area contributed by atoms with Gasteiger partial charge < -0.3 is 20.5 Å². The summed E-state index contributed by atoms with van der Waals surface area (Å²) < 4.78 is 5.79. The average Bonchev–Trinajstić information content (AvgIpc) is 2.89. The summed E-state index contributed by atoms with van der Waals surface area (Å²) in [6.45, 7) is 2.88. The fraction of sp³-hybridized carbons (Fsp3) is 0.857. The minimum atomic E-state index is -0.905. The van der Waals surface area contributed by atoms with Crippen LogP contribution in [0, 0.1) is 5.41 Å². The number of rotatable bonds is 6. The Bertz CT molecular complexity index is 366. The molecular weight excluding hydrogens is 260 g/mol. The van der Waals surface area contributed by atoms with Gasteiger partial charge in [-0.3, -0.25) is 4.79 Å². The van der Waals surface area contributed by atoms with E-state index in [4.69, 9.17) is 9.84 Å². The number of carboxylic acid groups (broad SMARTS) is 1. The number of carbonyl (C=O) groups excluding carboxylic acids is 1. The van der Waals surface area contributed by atoms with Crippen LogP contribution in [0.4, 0.5) is 4.79 Å². The Balaban J connectivity index is 1.81. The molecule has 0 radical (unpaired) electrons. The van der Waals surface area contributed by atoms with Gasteiger partial charge in [0.25, 0.3) is 0 Å². The van der Waals surface area contributed by atoms with Crippen molar-refractivity contribution in [2.24, 2.45) is 5.41 Å². The zero-order valence-corrected chi connectivity index (χ0v) is 12.0. The standard InChI is InChI=1S/C14H24N2O4/c1-2-20-11-9-10(14(11)6-3-4-7-14)16-13(19)15-8-5-12(17)18/h10-11H,2-9H2,1H3,(H,17,18)(H2,15,16,19). The Hall–Kier alpha value is -1.30. The molecule has 20 heavy (non-hydrogen) atoms. The minimum Gasteiger partial charge on any atom is -0.481 e. The number of carbonyl (C=O) groups is 2. The van der Waals surface area contributed by atoms with Crippen LogP contribution in [0.2, 0.25) is 0 Å². The van der Waals surface area contributed by atoms with Crippen LogP contribution in [0.25, 0.3) is 0 Å². The fourth-order valence-corrected chi connectivity index (χ4v) is 3.58. The summed E-state index contributed by atoms with van der Waals surface area (Å²) in [7, 11) is 0. The first-order valence-electron chi connectivity index (χ1n) is 7.46. The summed E-state index contributed by atoms with van der Waals surface area (Å²) in [5.41, 5.74) is 0.111. The first kappa shape index (κ1) is 15.1. The molecule has 2 atom stereocenters. The first-order valence-corrected chi connectivity index (χ1v) is 7.46. The number of hydrogen-bond acceptors (Lipinski definition) is 3. The number of nitrogens with one attached hydrogen (secondary N) is 2. The minimum absolute atomic E-state index is 0.0508. The van der Waals surface area contributed by atoms with Gasteiger partial charge in [-0.15, -0.1) is 0 Å². The second kappa shape index (κ2) is 6.43.